The molecule has 0 aliphatic carbocycles. The molecule has 0 fully saturated rings. The number of rotatable bonds is 10. The lowest BCUT2D eigenvalue weighted by Gasteiger charge is -2.15. The van der Waals surface area contributed by atoms with E-state index in [9.17, 15) is 4.21 Å². The van der Waals surface area contributed by atoms with Crippen LogP contribution < -0.4 is 10.0 Å². The Bertz CT molecular complexity index is 689. The summed E-state index contributed by atoms with van der Waals surface area (Å²) in [6, 6.07) is 8.54. The number of primary amides is 1. The van der Waals surface area contributed by atoms with E-state index in [1.165, 1.54) is 42.8 Å². The highest BCUT2D eigenvalue weighted by Crippen LogP contribution is 2.30. The minimum Gasteiger partial charge on any atom is -0.372 e. The number of nitrogens with one attached hydrogen (secondary N) is 1. The number of nitrogens with zero attached hydrogens (tertiary/aromatic N) is 2. The average molecular weight is 411 g/mol. The Kier molecular flexibility index (Phi) is 11.5. The number of carbonyl (C=O) groups excluding carboxylic acids is 1. The highest BCUT2D eigenvalue weighted by molar-refractivity contribution is 7.99. The summed E-state index contributed by atoms with van der Waals surface area (Å²) >= 11 is 1.92. The van der Waals surface area contributed by atoms with Crippen LogP contribution in [-0.2, 0) is 15.8 Å². The second kappa shape index (κ2) is 13.4. The van der Waals surface area contributed by atoms with Gasteiger partial charge in [-0.05, 0) is 29.9 Å². The number of nitrogens with two attached hydrogens (primary N) is 1. The van der Waals surface area contributed by atoms with Crippen LogP contribution in [0.25, 0.3) is 11.1 Å². The van der Waals surface area contributed by atoms with Gasteiger partial charge in [0.15, 0.2) is 0 Å². The zero-order chi connectivity index (χ0) is 20.1. The molecule has 2 rings (SSSR count). The van der Waals surface area contributed by atoms with Crippen LogP contribution >= 0.6 is 11.8 Å². The molecule has 0 saturated carbocycles. The lowest BCUT2D eigenvalue weighted by Crippen LogP contribution is -2.19. The normalized spacial score (nSPS) is 11.4. The quantitative estimate of drug-likeness (QED) is 0.352. The molecule has 0 saturated heterocycles. The van der Waals surface area contributed by atoms with Gasteiger partial charge in [-0.3, -0.25) is 14.2 Å². The van der Waals surface area contributed by atoms with E-state index in [0.717, 1.165) is 16.9 Å². The van der Waals surface area contributed by atoms with Crippen LogP contribution in [0.15, 0.2) is 35.4 Å². The van der Waals surface area contributed by atoms with Gasteiger partial charge < -0.3 is 5.73 Å². The van der Waals surface area contributed by atoms with Gasteiger partial charge in [-0.2, -0.15) is 5.10 Å². The van der Waals surface area contributed by atoms with E-state index in [2.05, 4.69) is 47.1 Å². The van der Waals surface area contributed by atoms with Crippen LogP contribution in [0.1, 0.15) is 39.0 Å². The highest BCUT2D eigenvalue weighted by atomic mass is 32.2. The second-order valence-electron chi connectivity index (χ2n) is 5.98. The fraction of sp³-hybridized carbons (Fsp3) is 0.474. The maximum atomic E-state index is 11.7. The van der Waals surface area contributed by atoms with Crippen molar-refractivity contribution in [3.05, 3.63) is 30.5 Å². The second-order valence-corrected chi connectivity index (χ2v) is 8.54. The monoisotopic (exact) mass is 410 g/mol. The molecule has 2 aromatic rings. The maximum Gasteiger partial charge on any atom is 0.204 e. The zero-order valence-electron chi connectivity index (χ0n) is 16.3. The van der Waals surface area contributed by atoms with Gasteiger partial charge in [-0.1, -0.05) is 44.7 Å². The van der Waals surface area contributed by atoms with Gasteiger partial charge in [0.2, 0.25) is 6.41 Å². The number of unbranched alkanes of at least 4 members (excludes halogenated alkanes) is 4. The summed E-state index contributed by atoms with van der Waals surface area (Å²) in [5.41, 5.74) is 6.23. The van der Waals surface area contributed by atoms with Gasteiger partial charge in [0.25, 0.3) is 0 Å². The van der Waals surface area contributed by atoms with E-state index >= 15 is 0 Å². The van der Waals surface area contributed by atoms with E-state index in [-0.39, 0.29) is 6.41 Å². The van der Waals surface area contributed by atoms with Crippen LogP contribution in [-0.4, -0.2) is 39.9 Å². The Hall–Kier alpha value is -1.80. The van der Waals surface area contributed by atoms with E-state index in [1.807, 2.05) is 11.8 Å². The van der Waals surface area contributed by atoms with Crippen molar-refractivity contribution < 1.29 is 9.00 Å². The molecule has 8 heteroatoms. The first-order valence-electron chi connectivity index (χ1n) is 9.04. The van der Waals surface area contributed by atoms with E-state index in [1.54, 1.807) is 23.8 Å². The third-order valence-corrected chi connectivity index (χ3v) is 6.05. The van der Waals surface area contributed by atoms with Crippen molar-refractivity contribution in [3.8, 4) is 11.1 Å². The number of H-pyrrole nitrogens is 1. The molecular weight excluding hydrogens is 380 g/mol. The summed E-state index contributed by atoms with van der Waals surface area (Å²) in [5.74, 6) is 1.96. The summed E-state index contributed by atoms with van der Waals surface area (Å²) in [4.78, 5) is 9.88. The Balaban J connectivity index is 0.00000114. The largest absolute Gasteiger partial charge is 0.372 e. The predicted octanol–water partition coefficient (Wildman–Crippen LogP) is 3.97. The fourth-order valence-corrected chi connectivity index (χ4v) is 3.79. The number of hydrogen-bond donors (Lipinski definition) is 2. The van der Waals surface area contributed by atoms with Gasteiger partial charge in [-0.15, -0.1) is 11.8 Å². The van der Waals surface area contributed by atoms with Gasteiger partial charge in [-0.25, -0.2) is 4.21 Å². The molecule has 1 amide bonds. The number of benzene rings is 1. The number of anilines is 1. The summed E-state index contributed by atoms with van der Waals surface area (Å²) in [6.45, 7) is 2.25. The van der Waals surface area contributed by atoms with Gasteiger partial charge in [0.05, 0.1) is 6.20 Å². The number of hydrogen-bond acceptors (Lipinski definition) is 4. The molecule has 0 spiro atoms. The van der Waals surface area contributed by atoms with Crippen LogP contribution in [0.4, 0.5) is 5.82 Å². The number of carbonyl (C=O) groups is 1. The van der Waals surface area contributed by atoms with Crippen LogP contribution in [0.5, 0.6) is 0 Å². The Morgan fingerprint density at radius 3 is 2.44 bits per heavy atom. The minimum atomic E-state index is -1.08. The third-order valence-electron chi connectivity index (χ3n) is 4.00. The van der Waals surface area contributed by atoms with Crippen molar-refractivity contribution in [1.82, 2.24) is 10.2 Å². The van der Waals surface area contributed by atoms with Crippen LogP contribution in [0.2, 0.25) is 0 Å². The maximum absolute atomic E-state index is 11.7. The number of aromatic amines is 1. The molecule has 1 unspecified atom stereocenters. The summed E-state index contributed by atoms with van der Waals surface area (Å²) in [6.07, 6.45) is 10.3. The van der Waals surface area contributed by atoms with Crippen molar-refractivity contribution >= 4 is 35.0 Å². The fourth-order valence-electron chi connectivity index (χ4n) is 2.49. The first kappa shape index (κ1) is 23.2. The van der Waals surface area contributed by atoms with E-state index < -0.39 is 11.0 Å². The molecular formula is C19H30N4O2S2. The molecule has 1 atom stereocenters. The van der Waals surface area contributed by atoms with Crippen molar-refractivity contribution in [3.63, 3.8) is 0 Å². The van der Waals surface area contributed by atoms with Crippen LogP contribution in [0, 0.1) is 0 Å². The summed E-state index contributed by atoms with van der Waals surface area (Å²) in [7, 11) is 0.723. The Labute approximate surface area is 168 Å². The van der Waals surface area contributed by atoms with Crippen molar-refractivity contribution in [1.29, 1.82) is 0 Å². The van der Waals surface area contributed by atoms with Crippen molar-refractivity contribution in [2.24, 2.45) is 5.73 Å². The molecule has 3 N–H and O–H groups in total. The lowest BCUT2D eigenvalue weighted by atomic mass is 10.1. The van der Waals surface area contributed by atoms with Gasteiger partial charge in [0, 0.05) is 23.8 Å². The smallest absolute Gasteiger partial charge is 0.204 e. The average Bonchev–Trinajstić information content (AvgIpc) is 3.14. The summed E-state index contributed by atoms with van der Waals surface area (Å²) < 4.78 is 13.4. The SMILES string of the molecule is CCCCCCCSc1ccc(-c2cn[nH]c2N(C)S(C)=O)cc1.NC=O. The molecule has 1 aromatic heterocycles. The molecule has 0 radical (unpaired) electrons. The lowest BCUT2D eigenvalue weighted by molar-refractivity contribution is -0.106. The molecule has 0 aliphatic rings. The number of amides is 1. The molecule has 27 heavy (non-hydrogen) atoms. The van der Waals surface area contributed by atoms with Gasteiger partial charge in [0.1, 0.15) is 16.8 Å². The third kappa shape index (κ3) is 8.17. The van der Waals surface area contributed by atoms with Crippen molar-refractivity contribution in [2.75, 3.05) is 23.4 Å². The molecule has 1 aromatic carbocycles. The molecule has 150 valence electrons. The van der Waals surface area contributed by atoms with Crippen molar-refractivity contribution in [2.45, 2.75) is 43.9 Å². The number of thioether (sulfide) groups is 1. The van der Waals surface area contributed by atoms with E-state index in [0.29, 0.717) is 0 Å². The first-order valence-corrected chi connectivity index (χ1v) is 11.5. The molecule has 0 bridgehead atoms. The van der Waals surface area contributed by atoms with Gasteiger partial charge >= 0.3 is 0 Å². The minimum absolute atomic E-state index is 0.250. The predicted molar refractivity (Wildman–Crippen MR) is 116 cm³/mol. The highest BCUT2D eigenvalue weighted by Gasteiger charge is 2.14. The van der Waals surface area contributed by atoms with E-state index in [4.69, 9.17) is 4.79 Å². The zero-order valence-corrected chi connectivity index (χ0v) is 17.9. The van der Waals surface area contributed by atoms with Crippen LogP contribution in [0.3, 0.4) is 0 Å². The molecule has 6 nitrogen and oxygen atoms in total. The first-order chi connectivity index (χ1) is 13.0. The number of aromatic nitrogens is 2. The standard InChI is InChI=1S/C18H27N3OS2.CH3NO/c1-4-5-6-7-8-13-23-16-11-9-15(10-12-16)17-14-19-20-18(17)21(2)24(3)22;2-1-3/h9-12,14H,4-8,13H2,1-3H3,(H,19,20);1H,(H2,2,3). The Morgan fingerprint density at radius 2 is 1.85 bits per heavy atom. The molecule has 0 aliphatic heterocycles. The summed E-state index contributed by atoms with van der Waals surface area (Å²) in [5, 5.41) is 7.04. The topological polar surface area (TPSA) is 92.1 Å². The molecule has 1 heterocycles. The Morgan fingerprint density at radius 1 is 1.22 bits per heavy atom.